The fraction of sp³-hybridized carbons (Fsp3) is 0.438. The highest BCUT2D eigenvalue weighted by molar-refractivity contribution is 7.92. The largest absolute Gasteiger partial charge is 0.497 e. The van der Waals surface area contributed by atoms with Crippen LogP contribution in [-0.2, 0) is 29.7 Å². The van der Waals surface area contributed by atoms with E-state index in [0.29, 0.717) is 17.9 Å². The minimum absolute atomic E-state index is 0.0203. The Kier molecular flexibility index (Phi) is 12.6. The minimum Gasteiger partial charge on any atom is -0.497 e. The summed E-state index contributed by atoms with van der Waals surface area (Å²) in [6.45, 7) is 11.4. The lowest BCUT2D eigenvalue weighted by Crippen LogP contribution is -2.43. The molecule has 1 atom stereocenters. The van der Waals surface area contributed by atoms with Crippen LogP contribution >= 0.6 is 0 Å². The van der Waals surface area contributed by atoms with E-state index in [1.807, 2.05) is 34.6 Å². The summed E-state index contributed by atoms with van der Waals surface area (Å²) in [5.41, 5.74) is 0.812. The van der Waals surface area contributed by atoms with Crippen molar-refractivity contribution in [3.8, 4) is 23.1 Å². The average Bonchev–Trinajstić information content (AvgIpc) is 3.00. The summed E-state index contributed by atoms with van der Waals surface area (Å²) < 4.78 is 56.5. The highest BCUT2D eigenvalue weighted by Gasteiger charge is 2.25. The number of alkyl carbamates (subject to hydrolysis) is 1. The number of hydrogen-bond acceptors (Lipinski definition) is 11. The van der Waals surface area contributed by atoms with Gasteiger partial charge in [0.25, 0.3) is 15.9 Å². The van der Waals surface area contributed by atoms with Gasteiger partial charge in [0, 0.05) is 6.07 Å². The van der Waals surface area contributed by atoms with Crippen molar-refractivity contribution >= 4 is 27.9 Å². The van der Waals surface area contributed by atoms with Crippen LogP contribution in [0.5, 0.6) is 23.1 Å². The molecule has 0 bridgehead atoms. The van der Waals surface area contributed by atoms with Gasteiger partial charge in [0.05, 0.1) is 18.6 Å². The average molecular weight is 659 g/mol. The first-order valence-corrected chi connectivity index (χ1v) is 16.2. The minimum atomic E-state index is -4.10. The lowest BCUT2D eigenvalue weighted by atomic mass is 9.87. The summed E-state index contributed by atoms with van der Waals surface area (Å²) >= 11 is 0. The quantitative estimate of drug-likeness (QED) is 0.157. The number of carbonyl (C=O) groups excluding carboxylic acids is 2. The van der Waals surface area contributed by atoms with Crippen molar-refractivity contribution in [2.45, 2.75) is 64.3 Å². The maximum absolute atomic E-state index is 13.4. The van der Waals surface area contributed by atoms with Gasteiger partial charge >= 0.3 is 12.1 Å². The monoisotopic (exact) mass is 658 g/mol. The number of amides is 1. The van der Waals surface area contributed by atoms with E-state index in [1.54, 1.807) is 43.3 Å². The van der Waals surface area contributed by atoms with Crippen LogP contribution in [-0.4, -0.2) is 63.4 Å². The highest BCUT2D eigenvalue weighted by atomic mass is 32.2. The molecule has 0 spiro atoms. The number of hydrogen-bond donors (Lipinski definition) is 2. The first kappa shape index (κ1) is 35.9. The molecule has 0 saturated heterocycles. The van der Waals surface area contributed by atoms with Gasteiger partial charge in [-0.15, -0.1) is 0 Å². The zero-order valence-corrected chi connectivity index (χ0v) is 28.0. The van der Waals surface area contributed by atoms with Gasteiger partial charge in [-0.3, -0.25) is 4.72 Å². The predicted molar refractivity (Wildman–Crippen MR) is 171 cm³/mol. The Bertz CT molecular complexity index is 1570. The molecule has 0 radical (unpaired) electrons. The second-order valence-corrected chi connectivity index (χ2v) is 13.3. The lowest BCUT2D eigenvalue weighted by molar-refractivity contribution is -0.146. The Hall–Kier alpha value is -4.59. The van der Waals surface area contributed by atoms with Crippen molar-refractivity contribution in [1.29, 1.82) is 0 Å². The third-order valence-corrected chi connectivity index (χ3v) is 7.77. The standard InChI is InChI=1S/C32H42N4O9S/c1-8-42-30(37)26(18-21(2)3)35-31(38)44-17-16-43-29-27(45-24-11-9-10-23(19-24)41-7)28(33-20-34-29)36-46(39,40)25-14-12-22(13-15-25)32(4,5)6/h9-15,19-21,26H,8,16-18H2,1-7H3,(H,35,38)(H,33,34,36). The zero-order chi connectivity index (χ0) is 33.9. The number of esters is 1. The molecule has 3 rings (SSSR count). The van der Waals surface area contributed by atoms with Gasteiger partial charge in [0.2, 0.25) is 5.75 Å². The Morgan fingerprint density at radius 3 is 2.28 bits per heavy atom. The summed E-state index contributed by atoms with van der Waals surface area (Å²) in [6, 6.07) is 12.3. The molecule has 2 aromatic carbocycles. The van der Waals surface area contributed by atoms with Crippen molar-refractivity contribution in [3.05, 3.63) is 60.4 Å². The Balaban J connectivity index is 1.80. The molecule has 46 heavy (non-hydrogen) atoms. The fourth-order valence-electron chi connectivity index (χ4n) is 4.11. The number of nitrogens with one attached hydrogen (secondary N) is 2. The molecule has 250 valence electrons. The number of carbonyl (C=O) groups is 2. The van der Waals surface area contributed by atoms with Gasteiger partial charge in [0.15, 0.2) is 5.82 Å². The SMILES string of the molecule is CCOC(=O)C(CC(C)C)NC(=O)OCCOc1ncnc(NS(=O)(=O)c2ccc(C(C)(C)C)cc2)c1Oc1cccc(OC)c1. The van der Waals surface area contributed by atoms with Gasteiger partial charge in [-0.2, -0.15) is 4.98 Å². The predicted octanol–water partition coefficient (Wildman–Crippen LogP) is 5.46. The molecule has 1 unspecified atom stereocenters. The van der Waals surface area contributed by atoms with Crippen molar-refractivity contribution in [2.75, 3.05) is 31.7 Å². The van der Waals surface area contributed by atoms with Crippen LogP contribution in [0, 0.1) is 5.92 Å². The van der Waals surface area contributed by atoms with E-state index >= 15 is 0 Å². The van der Waals surface area contributed by atoms with Crippen molar-refractivity contribution in [2.24, 2.45) is 5.92 Å². The molecule has 0 aliphatic carbocycles. The van der Waals surface area contributed by atoms with Crippen LogP contribution in [0.1, 0.15) is 53.5 Å². The zero-order valence-electron chi connectivity index (χ0n) is 27.2. The highest BCUT2D eigenvalue weighted by Crippen LogP contribution is 2.37. The number of ether oxygens (including phenoxy) is 5. The summed E-state index contributed by atoms with van der Waals surface area (Å²) in [6.07, 6.45) is 0.650. The number of anilines is 1. The van der Waals surface area contributed by atoms with E-state index in [4.69, 9.17) is 23.7 Å². The fourth-order valence-corrected chi connectivity index (χ4v) is 5.13. The molecular formula is C32H42N4O9S. The van der Waals surface area contributed by atoms with Crippen LogP contribution in [0.25, 0.3) is 0 Å². The number of rotatable bonds is 15. The van der Waals surface area contributed by atoms with E-state index < -0.39 is 28.1 Å². The summed E-state index contributed by atoms with van der Waals surface area (Å²) in [5, 5.41) is 2.52. The molecule has 0 aliphatic heterocycles. The molecule has 1 aromatic heterocycles. The van der Waals surface area contributed by atoms with Crippen molar-refractivity contribution in [3.63, 3.8) is 0 Å². The Labute approximate surface area is 270 Å². The number of sulfonamides is 1. The van der Waals surface area contributed by atoms with Crippen LogP contribution in [0.3, 0.4) is 0 Å². The van der Waals surface area contributed by atoms with Gasteiger partial charge in [-0.05, 0) is 54.5 Å². The smallest absolute Gasteiger partial charge is 0.407 e. The number of benzene rings is 2. The molecule has 14 heteroatoms. The van der Waals surface area contributed by atoms with Crippen LogP contribution < -0.4 is 24.2 Å². The second kappa shape index (κ2) is 16.1. The molecule has 3 aromatic rings. The Morgan fingerprint density at radius 1 is 0.957 bits per heavy atom. The normalized spacial score (nSPS) is 12.2. The third-order valence-electron chi connectivity index (χ3n) is 6.42. The maximum Gasteiger partial charge on any atom is 0.407 e. The summed E-state index contributed by atoms with van der Waals surface area (Å²) in [4.78, 5) is 32.9. The van der Waals surface area contributed by atoms with E-state index in [0.717, 1.165) is 11.9 Å². The van der Waals surface area contributed by atoms with E-state index in [1.165, 1.54) is 19.2 Å². The lowest BCUT2D eigenvalue weighted by Gasteiger charge is -2.19. The van der Waals surface area contributed by atoms with Gasteiger partial charge in [0.1, 0.15) is 37.1 Å². The molecule has 13 nitrogen and oxygen atoms in total. The molecule has 0 aliphatic rings. The maximum atomic E-state index is 13.4. The van der Waals surface area contributed by atoms with E-state index in [2.05, 4.69) is 20.0 Å². The van der Waals surface area contributed by atoms with Crippen LogP contribution in [0.2, 0.25) is 0 Å². The topological polar surface area (TPSA) is 164 Å². The second-order valence-electron chi connectivity index (χ2n) is 11.6. The number of methoxy groups -OCH3 is 1. The van der Waals surface area contributed by atoms with E-state index in [-0.39, 0.29) is 53.5 Å². The molecule has 1 amide bonds. The van der Waals surface area contributed by atoms with Crippen molar-refractivity contribution < 1.29 is 41.7 Å². The van der Waals surface area contributed by atoms with Gasteiger partial charge in [-0.25, -0.2) is 23.0 Å². The molecular weight excluding hydrogens is 616 g/mol. The van der Waals surface area contributed by atoms with Gasteiger partial charge in [-0.1, -0.05) is 52.8 Å². The molecule has 0 saturated carbocycles. The molecule has 1 heterocycles. The molecule has 2 N–H and O–H groups in total. The first-order valence-electron chi connectivity index (χ1n) is 14.8. The van der Waals surface area contributed by atoms with E-state index in [9.17, 15) is 18.0 Å². The number of nitrogens with zero attached hydrogens (tertiary/aromatic N) is 2. The molecule has 0 fully saturated rings. The van der Waals surface area contributed by atoms with Crippen LogP contribution in [0.4, 0.5) is 10.6 Å². The van der Waals surface area contributed by atoms with Gasteiger partial charge < -0.3 is 29.0 Å². The number of aromatic nitrogens is 2. The van der Waals surface area contributed by atoms with Crippen molar-refractivity contribution in [1.82, 2.24) is 15.3 Å². The summed E-state index contributed by atoms with van der Waals surface area (Å²) in [5.74, 6) is -0.0765. The van der Waals surface area contributed by atoms with Crippen LogP contribution in [0.15, 0.2) is 59.8 Å². The Morgan fingerprint density at radius 2 is 1.65 bits per heavy atom. The first-order chi connectivity index (χ1) is 21.7. The third kappa shape index (κ3) is 10.5. The summed E-state index contributed by atoms with van der Waals surface area (Å²) in [7, 11) is -2.61.